The fourth-order valence-electron chi connectivity index (χ4n) is 2.93. The van der Waals surface area contributed by atoms with Gasteiger partial charge in [-0.05, 0) is 27.2 Å². The minimum atomic E-state index is -0.441. The Morgan fingerprint density at radius 1 is 1.30 bits per heavy atom. The number of rotatable bonds is 1. The first kappa shape index (κ1) is 13.1. The fourth-order valence-corrected chi connectivity index (χ4v) is 2.93. The number of ether oxygens (including phenoxy) is 1. The Hall–Kier alpha value is -1.85. The van der Waals surface area contributed by atoms with Gasteiger partial charge in [0.15, 0.2) is 0 Å². The van der Waals surface area contributed by atoms with Crippen LogP contribution in [-0.4, -0.2) is 51.7 Å². The van der Waals surface area contributed by atoms with Gasteiger partial charge in [0.2, 0.25) is 0 Å². The van der Waals surface area contributed by atoms with Crippen LogP contribution in [0.5, 0.6) is 0 Å². The number of likely N-dealkylation sites (tertiary alicyclic amines) is 1. The van der Waals surface area contributed by atoms with Gasteiger partial charge >= 0.3 is 6.09 Å². The Morgan fingerprint density at radius 2 is 2.10 bits per heavy atom. The topological polar surface area (TPSA) is 58.6 Å². The van der Waals surface area contributed by atoms with Crippen molar-refractivity contribution < 1.29 is 9.53 Å². The van der Waals surface area contributed by atoms with Crippen LogP contribution in [-0.2, 0) is 4.74 Å². The number of nitrogens with zero attached hydrogens (tertiary/aromatic N) is 4. The number of hydrogen-bond donors (Lipinski definition) is 0. The Morgan fingerprint density at radius 3 is 2.65 bits per heavy atom. The summed E-state index contributed by atoms with van der Waals surface area (Å²) in [5.74, 6) is 0.892. The van der Waals surface area contributed by atoms with Gasteiger partial charge in [-0.3, -0.25) is 4.98 Å². The lowest BCUT2D eigenvalue weighted by atomic mass is 10.2. The minimum Gasteiger partial charge on any atom is -0.444 e. The highest BCUT2D eigenvalue weighted by Crippen LogP contribution is 2.34. The summed E-state index contributed by atoms with van der Waals surface area (Å²) in [6, 6.07) is 0.543. The van der Waals surface area contributed by atoms with Gasteiger partial charge < -0.3 is 14.5 Å². The van der Waals surface area contributed by atoms with E-state index in [9.17, 15) is 4.79 Å². The molecule has 2 fully saturated rings. The molecule has 1 aromatic heterocycles. The molecule has 1 unspecified atom stereocenters. The van der Waals surface area contributed by atoms with Gasteiger partial charge in [0.25, 0.3) is 0 Å². The minimum absolute atomic E-state index is 0.205. The number of amides is 1. The molecule has 108 valence electrons. The first-order valence-electron chi connectivity index (χ1n) is 6.96. The molecule has 3 heterocycles. The lowest BCUT2D eigenvalue weighted by Crippen LogP contribution is -2.50. The molecule has 0 radical (unpaired) electrons. The van der Waals surface area contributed by atoms with Crippen LogP contribution in [0.25, 0.3) is 0 Å². The third-order valence-corrected chi connectivity index (χ3v) is 3.71. The van der Waals surface area contributed by atoms with Gasteiger partial charge in [-0.25, -0.2) is 9.78 Å². The van der Waals surface area contributed by atoms with E-state index in [1.807, 2.05) is 25.7 Å². The van der Waals surface area contributed by atoms with Crippen LogP contribution >= 0.6 is 0 Å². The third kappa shape index (κ3) is 2.42. The van der Waals surface area contributed by atoms with Crippen molar-refractivity contribution in [1.29, 1.82) is 0 Å². The molecule has 2 bridgehead atoms. The maximum Gasteiger partial charge on any atom is 0.410 e. The zero-order valence-corrected chi connectivity index (χ0v) is 12.1. The number of anilines is 1. The van der Waals surface area contributed by atoms with Crippen LogP contribution in [0.3, 0.4) is 0 Å². The van der Waals surface area contributed by atoms with Crippen LogP contribution in [0.2, 0.25) is 0 Å². The summed E-state index contributed by atoms with van der Waals surface area (Å²) in [4.78, 5) is 24.7. The number of carbonyl (C=O) groups excluding carboxylic acids is 1. The van der Waals surface area contributed by atoms with Gasteiger partial charge in [0.05, 0.1) is 18.3 Å². The molecule has 20 heavy (non-hydrogen) atoms. The van der Waals surface area contributed by atoms with Crippen molar-refractivity contribution in [2.75, 3.05) is 18.0 Å². The van der Waals surface area contributed by atoms with E-state index in [0.717, 1.165) is 18.8 Å². The van der Waals surface area contributed by atoms with E-state index in [4.69, 9.17) is 4.74 Å². The van der Waals surface area contributed by atoms with Gasteiger partial charge in [-0.15, -0.1) is 0 Å². The summed E-state index contributed by atoms with van der Waals surface area (Å²) >= 11 is 0. The Balaban J connectivity index is 1.66. The molecule has 6 nitrogen and oxygen atoms in total. The predicted octanol–water partition coefficient (Wildman–Crippen LogP) is 1.67. The third-order valence-electron chi connectivity index (χ3n) is 3.71. The Bertz CT molecular complexity index is 500. The lowest BCUT2D eigenvalue weighted by molar-refractivity contribution is 0.0214. The van der Waals surface area contributed by atoms with Crippen molar-refractivity contribution >= 4 is 11.9 Å². The summed E-state index contributed by atoms with van der Waals surface area (Å²) in [5, 5.41) is 0. The molecule has 0 N–H and O–H groups in total. The van der Waals surface area contributed by atoms with E-state index < -0.39 is 5.60 Å². The van der Waals surface area contributed by atoms with Crippen LogP contribution < -0.4 is 4.90 Å². The van der Waals surface area contributed by atoms with Crippen molar-refractivity contribution in [2.45, 2.75) is 44.9 Å². The predicted molar refractivity (Wildman–Crippen MR) is 74.5 cm³/mol. The molecule has 2 aliphatic heterocycles. The molecule has 3 rings (SSSR count). The molecular weight excluding hydrogens is 256 g/mol. The zero-order valence-electron chi connectivity index (χ0n) is 12.1. The standard InChI is InChI=1S/C14H20N4O2/c1-14(2,3)20-13(19)18-9-10-6-11(18)8-17(10)12-7-15-4-5-16-12/h4-5,7,10-11H,6,8-9H2,1-3H3/t10?,11-/m0/s1. The van der Waals surface area contributed by atoms with Crippen molar-refractivity contribution in [1.82, 2.24) is 14.9 Å². The van der Waals surface area contributed by atoms with Gasteiger partial charge in [-0.2, -0.15) is 0 Å². The van der Waals surface area contributed by atoms with E-state index >= 15 is 0 Å². The maximum absolute atomic E-state index is 12.2. The van der Waals surface area contributed by atoms with E-state index in [0.29, 0.717) is 12.6 Å². The number of aromatic nitrogens is 2. The zero-order chi connectivity index (χ0) is 14.3. The normalized spacial score (nSPS) is 25.1. The largest absolute Gasteiger partial charge is 0.444 e. The van der Waals surface area contributed by atoms with Crippen molar-refractivity contribution in [2.24, 2.45) is 0 Å². The molecule has 0 saturated carbocycles. The van der Waals surface area contributed by atoms with E-state index in [1.54, 1.807) is 18.6 Å². The number of hydrogen-bond acceptors (Lipinski definition) is 5. The SMILES string of the molecule is CC(C)(C)OC(=O)N1CC2C[C@H]1CN2c1cnccn1. The number of carbonyl (C=O) groups is 1. The van der Waals surface area contributed by atoms with Gasteiger partial charge in [0.1, 0.15) is 11.4 Å². The quantitative estimate of drug-likeness (QED) is 0.781. The van der Waals surface area contributed by atoms with Crippen molar-refractivity contribution in [3.8, 4) is 0 Å². The molecule has 1 amide bonds. The second-order valence-corrected chi connectivity index (χ2v) is 6.39. The van der Waals surface area contributed by atoms with E-state index in [-0.39, 0.29) is 12.1 Å². The van der Waals surface area contributed by atoms with Crippen LogP contribution in [0.4, 0.5) is 10.6 Å². The highest BCUT2D eigenvalue weighted by atomic mass is 16.6. The summed E-state index contributed by atoms with van der Waals surface area (Å²) in [7, 11) is 0. The summed E-state index contributed by atoms with van der Waals surface area (Å²) in [5.41, 5.74) is -0.441. The van der Waals surface area contributed by atoms with E-state index in [1.165, 1.54) is 0 Å². The molecule has 0 aliphatic carbocycles. The molecule has 1 aromatic rings. The smallest absolute Gasteiger partial charge is 0.410 e. The molecule has 2 saturated heterocycles. The molecule has 6 heteroatoms. The number of fused-ring (bicyclic) bond motifs is 2. The second kappa shape index (κ2) is 4.61. The summed E-state index contributed by atoms with van der Waals surface area (Å²) in [6.07, 6.45) is 5.93. The monoisotopic (exact) mass is 276 g/mol. The first-order chi connectivity index (χ1) is 9.44. The van der Waals surface area contributed by atoms with Crippen molar-refractivity contribution in [3.05, 3.63) is 18.6 Å². The summed E-state index contributed by atoms with van der Waals surface area (Å²) < 4.78 is 5.46. The highest BCUT2D eigenvalue weighted by Gasteiger charge is 2.46. The Labute approximate surface area is 118 Å². The van der Waals surface area contributed by atoms with Crippen LogP contribution in [0.1, 0.15) is 27.2 Å². The lowest BCUT2D eigenvalue weighted by Gasteiger charge is -2.35. The van der Waals surface area contributed by atoms with Gasteiger partial charge in [0, 0.05) is 25.5 Å². The average Bonchev–Trinajstić information content (AvgIpc) is 2.97. The Kier molecular flexibility index (Phi) is 3.03. The molecular formula is C14H20N4O2. The molecule has 2 aliphatic rings. The highest BCUT2D eigenvalue weighted by molar-refractivity contribution is 5.70. The molecule has 0 aromatic carbocycles. The van der Waals surface area contributed by atoms with Crippen LogP contribution in [0, 0.1) is 0 Å². The molecule has 0 spiro atoms. The molecule has 2 atom stereocenters. The maximum atomic E-state index is 12.2. The fraction of sp³-hybridized carbons (Fsp3) is 0.643. The average molecular weight is 276 g/mol. The number of piperazine rings is 1. The van der Waals surface area contributed by atoms with Crippen molar-refractivity contribution in [3.63, 3.8) is 0 Å². The van der Waals surface area contributed by atoms with Crippen LogP contribution in [0.15, 0.2) is 18.6 Å². The summed E-state index contributed by atoms with van der Waals surface area (Å²) in [6.45, 7) is 7.19. The van der Waals surface area contributed by atoms with E-state index in [2.05, 4.69) is 14.9 Å². The van der Waals surface area contributed by atoms with Gasteiger partial charge in [-0.1, -0.05) is 0 Å². The second-order valence-electron chi connectivity index (χ2n) is 6.39. The first-order valence-corrected chi connectivity index (χ1v) is 6.96.